The number of rotatable bonds is 8. The molecule has 0 amide bonds. The highest BCUT2D eigenvalue weighted by Gasteiger charge is 2.29. The van der Waals surface area contributed by atoms with Crippen molar-refractivity contribution in [1.82, 2.24) is 10.2 Å². The minimum atomic E-state index is 0.251. The van der Waals surface area contributed by atoms with Crippen molar-refractivity contribution in [3.05, 3.63) is 0 Å². The van der Waals surface area contributed by atoms with Crippen molar-refractivity contribution in [2.24, 2.45) is 0 Å². The third-order valence-electron chi connectivity index (χ3n) is 2.74. The lowest BCUT2D eigenvalue weighted by molar-refractivity contribution is 0.177. The van der Waals surface area contributed by atoms with Crippen molar-refractivity contribution in [3.8, 4) is 0 Å². The molecule has 0 aromatic heterocycles. The van der Waals surface area contributed by atoms with Gasteiger partial charge in [0.1, 0.15) is 0 Å². The van der Waals surface area contributed by atoms with E-state index in [1.807, 2.05) is 0 Å². The maximum atomic E-state index is 9.19. The lowest BCUT2D eigenvalue weighted by Crippen LogP contribution is -2.44. The molecule has 3 nitrogen and oxygen atoms in total. The predicted octanol–water partition coefficient (Wildman–Crippen LogP) is 0.831. The summed E-state index contributed by atoms with van der Waals surface area (Å²) in [5, 5.41) is 12.5. The van der Waals surface area contributed by atoms with E-state index < -0.39 is 0 Å². The molecule has 14 heavy (non-hydrogen) atoms. The number of likely N-dealkylation sites (N-methyl/N-ethyl adjacent to an activating group) is 1. The Bertz CT molecular complexity index is 148. The van der Waals surface area contributed by atoms with Gasteiger partial charge in [-0.2, -0.15) is 0 Å². The molecule has 0 radical (unpaired) electrons. The molecule has 1 aliphatic rings. The molecule has 1 saturated carbocycles. The van der Waals surface area contributed by atoms with Crippen LogP contribution in [0.4, 0.5) is 0 Å². The third kappa shape index (κ3) is 3.95. The second-order valence-electron chi connectivity index (χ2n) is 4.16. The molecule has 0 aromatic rings. The quantitative estimate of drug-likeness (QED) is 0.609. The third-order valence-corrected chi connectivity index (χ3v) is 2.74. The van der Waals surface area contributed by atoms with Gasteiger partial charge in [-0.3, -0.25) is 4.90 Å². The average Bonchev–Trinajstić information content (AvgIpc) is 2.99. The molecule has 1 fully saturated rings. The zero-order valence-electron chi connectivity index (χ0n) is 9.50. The van der Waals surface area contributed by atoms with Gasteiger partial charge in [0.15, 0.2) is 0 Å². The van der Waals surface area contributed by atoms with E-state index in [2.05, 4.69) is 24.1 Å². The first-order valence-corrected chi connectivity index (χ1v) is 5.90. The van der Waals surface area contributed by atoms with Gasteiger partial charge in [0.05, 0.1) is 6.61 Å². The highest BCUT2D eigenvalue weighted by atomic mass is 16.3. The minimum absolute atomic E-state index is 0.251. The van der Waals surface area contributed by atoms with Gasteiger partial charge in [0.25, 0.3) is 0 Å². The van der Waals surface area contributed by atoms with E-state index in [4.69, 9.17) is 0 Å². The highest BCUT2D eigenvalue weighted by Crippen LogP contribution is 2.26. The first kappa shape index (κ1) is 12.0. The lowest BCUT2D eigenvalue weighted by atomic mass is 10.2. The van der Waals surface area contributed by atoms with Crippen LogP contribution in [0.25, 0.3) is 0 Å². The average molecular weight is 200 g/mol. The van der Waals surface area contributed by atoms with E-state index >= 15 is 0 Å². The first-order chi connectivity index (χ1) is 6.81. The van der Waals surface area contributed by atoms with Gasteiger partial charge in [-0.1, -0.05) is 13.8 Å². The van der Waals surface area contributed by atoms with Gasteiger partial charge in [-0.15, -0.1) is 0 Å². The summed E-state index contributed by atoms with van der Waals surface area (Å²) in [6.07, 6.45) is 3.91. The molecule has 1 unspecified atom stereocenters. The SMILES string of the molecule is CCCN(CC(CO)NCC)C1CC1. The molecule has 0 saturated heterocycles. The van der Waals surface area contributed by atoms with Crippen LogP contribution in [0.15, 0.2) is 0 Å². The van der Waals surface area contributed by atoms with Crippen molar-refractivity contribution >= 4 is 0 Å². The zero-order valence-corrected chi connectivity index (χ0v) is 9.50. The number of aliphatic hydroxyl groups is 1. The van der Waals surface area contributed by atoms with Crippen LogP contribution in [-0.4, -0.2) is 48.3 Å². The van der Waals surface area contributed by atoms with Crippen LogP contribution < -0.4 is 5.32 Å². The van der Waals surface area contributed by atoms with Crippen LogP contribution >= 0.6 is 0 Å². The molecule has 1 atom stereocenters. The smallest absolute Gasteiger partial charge is 0.0597 e. The summed E-state index contributed by atoms with van der Waals surface area (Å²) < 4.78 is 0. The Morgan fingerprint density at radius 3 is 2.57 bits per heavy atom. The Kier molecular flexibility index (Phi) is 5.45. The Hall–Kier alpha value is -0.120. The molecule has 2 N–H and O–H groups in total. The molecular formula is C11H24N2O. The number of nitrogens with zero attached hydrogens (tertiary/aromatic N) is 1. The second-order valence-corrected chi connectivity index (χ2v) is 4.16. The standard InChI is InChI=1S/C11H24N2O/c1-3-7-13(11-5-6-11)8-10(9-14)12-4-2/h10-12,14H,3-9H2,1-2H3. The van der Waals surface area contributed by atoms with Gasteiger partial charge >= 0.3 is 0 Å². The molecular weight excluding hydrogens is 176 g/mol. The normalized spacial score (nSPS) is 18.9. The Morgan fingerprint density at radius 2 is 2.14 bits per heavy atom. The maximum absolute atomic E-state index is 9.19. The van der Waals surface area contributed by atoms with Crippen molar-refractivity contribution in [3.63, 3.8) is 0 Å². The predicted molar refractivity (Wildman–Crippen MR) is 59.4 cm³/mol. The van der Waals surface area contributed by atoms with Crippen molar-refractivity contribution in [2.45, 2.75) is 45.2 Å². The van der Waals surface area contributed by atoms with Gasteiger partial charge in [-0.05, 0) is 32.4 Å². The van der Waals surface area contributed by atoms with Crippen LogP contribution in [0.1, 0.15) is 33.1 Å². The summed E-state index contributed by atoms with van der Waals surface area (Å²) >= 11 is 0. The Balaban J connectivity index is 2.27. The van der Waals surface area contributed by atoms with E-state index in [1.54, 1.807) is 0 Å². The van der Waals surface area contributed by atoms with E-state index in [0.717, 1.165) is 19.1 Å². The van der Waals surface area contributed by atoms with Gasteiger partial charge < -0.3 is 10.4 Å². The summed E-state index contributed by atoms with van der Waals surface area (Å²) in [6.45, 7) is 7.67. The highest BCUT2D eigenvalue weighted by molar-refractivity contribution is 4.86. The topological polar surface area (TPSA) is 35.5 Å². The van der Waals surface area contributed by atoms with Crippen LogP contribution in [0.3, 0.4) is 0 Å². The maximum Gasteiger partial charge on any atom is 0.0597 e. The number of hydrogen-bond acceptors (Lipinski definition) is 3. The van der Waals surface area contributed by atoms with Crippen LogP contribution in [-0.2, 0) is 0 Å². The number of aliphatic hydroxyl groups excluding tert-OH is 1. The van der Waals surface area contributed by atoms with Crippen molar-refractivity contribution in [1.29, 1.82) is 0 Å². The Morgan fingerprint density at radius 1 is 1.43 bits per heavy atom. The second kappa shape index (κ2) is 6.38. The molecule has 0 spiro atoms. The molecule has 0 aromatic carbocycles. The van der Waals surface area contributed by atoms with E-state index in [0.29, 0.717) is 0 Å². The first-order valence-electron chi connectivity index (χ1n) is 5.90. The number of hydrogen-bond donors (Lipinski definition) is 2. The fourth-order valence-electron chi connectivity index (χ4n) is 1.91. The molecule has 0 aliphatic heterocycles. The lowest BCUT2D eigenvalue weighted by Gasteiger charge is -2.26. The van der Waals surface area contributed by atoms with E-state index in [9.17, 15) is 5.11 Å². The summed E-state index contributed by atoms with van der Waals surface area (Å²) in [5.74, 6) is 0. The fraction of sp³-hybridized carbons (Fsp3) is 1.00. The van der Waals surface area contributed by atoms with E-state index in [-0.39, 0.29) is 12.6 Å². The fourth-order valence-corrected chi connectivity index (χ4v) is 1.91. The number of nitrogens with one attached hydrogen (secondary N) is 1. The Labute approximate surface area is 87.5 Å². The van der Waals surface area contributed by atoms with Crippen LogP contribution in [0.5, 0.6) is 0 Å². The summed E-state index contributed by atoms with van der Waals surface area (Å²) in [6, 6.07) is 1.06. The molecule has 0 heterocycles. The van der Waals surface area contributed by atoms with Crippen LogP contribution in [0, 0.1) is 0 Å². The monoisotopic (exact) mass is 200 g/mol. The summed E-state index contributed by atoms with van der Waals surface area (Å²) in [5.41, 5.74) is 0. The molecule has 1 rings (SSSR count). The molecule has 0 bridgehead atoms. The van der Waals surface area contributed by atoms with Gasteiger partial charge in [-0.25, -0.2) is 0 Å². The molecule has 3 heteroatoms. The van der Waals surface area contributed by atoms with Gasteiger partial charge in [0, 0.05) is 18.6 Å². The summed E-state index contributed by atoms with van der Waals surface area (Å²) in [7, 11) is 0. The van der Waals surface area contributed by atoms with Crippen molar-refractivity contribution < 1.29 is 5.11 Å². The zero-order chi connectivity index (χ0) is 10.4. The van der Waals surface area contributed by atoms with Crippen LogP contribution in [0.2, 0.25) is 0 Å². The molecule has 1 aliphatic carbocycles. The largest absolute Gasteiger partial charge is 0.395 e. The van der Waals surface area contributed by atoms with Crippen molar-refractivity contribution in [2.75, 3.05) is 26.2 Å². The molecule has 84 valence electrons. The minimum Gasteiger partial charge on any atom is -0.395 e. The summed E-state index contributed by atoms with van der Waals surface area (Å²) in [4.78, 5) is 2.52. The van der Waals surface area contributed by atoms with Gasteiger partial charge in [0.2, 0.25) is 0 Å². The van der Waals surface area contributed by atoms with E-state index in [1.165, 1.54) is 25.8 Å².